The van der Waals surface area contributed by atoms with Gasteiger partial charge in [-0.2, -0.15) is 0 Å². The van der Waals surface area contributed by atoms with Crippen molar-refractivity contribution in [3.05, 3.63) is 30.6 Å². The number of hydrogen-bond donors (Lipinski definition) is 2. The lowest BCUT2D eigenvalue weighted by molar-refractivity contribution is -0.122. The SMILES string of the molecule is O=C(CCn1cnc2ccccc21)NCC1(O)CCCCC1. The second-order valence-corrected chi connectivity index (χ2v) is 6.24. The van der Waals surface area contributed by atoms with Crippen molar-refractivity contribution in [2.24, 2.45) is 0 Å². The van der Waals surface area contributed by atoms with Crippen LogP contribution in [0.15, 0.2) is 30.6 Å². The van der Waals surface area contributed by atoms with E-state index in [4.69, 9.17) is 0 Å². The molecule has 1 fully saturated rings. The monoisotopic (exact) mass is 301 g/mol. The van der Waals surface area contributed by atoms with Gasteiger partial charge in [0.25, 0.3) is 0 Å². The van der Waals surface area contributed by atoms with Crippen LogP contribution in [0.25, 0.3) is 11.0 Å². The van der Waals surface area contributed by atoms with Crippen molar-refractivity contribution in [3.63, 3.8) is 0 Å². The highest BCUT2D eigenvalue weighted by Crippen LogP contribution is 2.27. The average molecular weight is 301 g/mol. The number of imidazole rings is 1. The zero-order valence-corrected chi connectivity index (χ0v) is 12.8. The predicted molar refractivity (Wildman–Crippen MR) is 85.4 cm³/mol. The number of carbonyl (C=O) groups is 1. The molecule has 1 heterocycles. The number of nitrogens with one attached hydrogen (secondary N) is 1. The van der Waals surface area contributed by atoms with E-state index < -0.39 is 5.60 Å². The average Bonchev–Trinajstić information content (AvgIpc) is 2.95. The van der Waals surface area contributed by atoms with Crippen LogP contribution in [0.3, 0.4) is 0 Å². The number of nitrogens with zero attached hydrogens (tertiary/aromatic N) is 2. The summed E-state index contributed by atoms with van der Waals surface area (Å²) in [6.45, 7) is 0.973. The highest BCUT2D eigenvalue weighted by Gasteiger charge is 2.29. The molecule has 2 N–H and O–H groups in total. The van der Waals surface area contributed by atoms with Gasteiger partial charge in [0, 0.05) is 19.5 Å². The van der Waals surface area contributed by atoms with E-state index in [0.717, 1.165) is 36.7 Å². The van der Waals surface area contributed by atoms with E-state index in [1.165, 1.54) is 6.42 Å². The van der Waals surface area contributed by atoms with Crippen LogP contribution in [0, 0.1) is 0 Å². The molecule has 1 aliphatic rings. The normalized spacial score (nSPS) is 17.5. The third-order valence-electron chi connectivity index (χ3n) is 4.51. The van der Waals surface area contributed by atoms with Gasteiger partial charge in [0.2, 0.25) is 5.91 Å². The summed E-state index contributed by atoms with van der Waals surface area (Å²) in [5.41, 5.74) is 1.29. The maximum atomic E-state index is 12.0. The quantitative estimate of drug-likeness (QED) is 0.890. The van der Waals surface area contributed by atoms with Gasteiger partial charge >= 0.3 is 0 Å². The van der Waals surface area contributed by atoms with Crippen molar-refractivity contribution < 1.29 is 9.90 Å². The molecule has 0 atom stereocenters. The number of aromatic nitrogens is 2. The van der Waals surface area contributed by atoms with E-state index in [2.05, 4.69) is 10.3 Å². The number of aliphatic hydroxyl groups is 1. The third-order valence-corrected chi connectivity index (χ3v) is 4.51. The van der Waals surface area contributed by atoms with Crippen molar-refractivity contribution in [1.82, 2.24) is 14.9 Å². The molecule has 0 bridgehead atoms. The number of para-hydroxylation sites is 2. The lowest BCUT2D eigenvalue weighted by Crippen LogP contribution is -2.44. The van der Waals surface area contributed by atoms with Crippen LogP contribution in [-0.2, 0) is 11.3 Å². The van der Waals surface area contributed by atoms with Gasteiger partial charge in [-0.3, -0.25) is 4.79 Å². The van der Waals surface area contributed by atoms with E-state index in [1.54, 1.807) is 6.33 Å². The van der Waals surface area contributed by atoms with Gasteiger partial charge < -0.3 is 15.0 Å². The largest absolute Gasteiger partial charge is 0.388 e. The molecule has 1 amide bonds. The Morgan fingerprint density at radius 2 is 2.05 bits per heavy atom. The molecule has 118 valence electrons. The number of fused-ring (bicyclic) bond motifs is 1. The molecule has 3 rings (SSSR count). The molecule has 0 spiro atoms. The minimum absolute atomic E-state index is 0.0169. The van der Waals surface area contributed by atoms with E-state index >= 15 is 0 Å². The van der Waals surface area contributed by atoms with Crippen LogP contribution >= 0.6 is 0 Å². The van der Waals surface area contributed by atoms with Gasteiger partial charge in [-0.05, 0) is 25.0 Å². The number of amides is 1. The summed E-state index contributed by atoms with van der Waals surface area (Å²) in [4.78, 5) is 16.3. The molecule has 1 aliphatic carbocycles. The Bertz CT molecular complexity index is 644. The van der Waals surface area contributed by atoms with Gasteiger partial charge in [-0.15, -0.1) is 0 Å². The van der Waals surface area contributed by atoms with Crippen molar-refractivity contribution in [3.8, 4) is 0 Å². The molecule has 1 saturated carbocycles. The molecule has 0 aliphatic heterocycles. The Hall–Kier alpha value is -1.88. The first-order chi connectivity index (χ1) is 10.7. The Labute approximate surface area is 130 Å². The summed E-state index contributed by atoms with van der Waals surface area (Å²) in [6, 6.07) is 7.89. The number of rotatable bonds is 5. The maximum Gasteiger partial charge on any atom is 0.221 e. The summed E-state index contributed by atoms with van der Waals surface area (Å²) >= 11 is 0. The molecule has 5 nitrogen and oxygen atoms in total. The first-order valence-corrected chi connectivity index (χ1v) is 8.05. The van der Waals surface area contributed by atoms with E-state index in [-0.39, 0.29) is 5.91 Å². The second kappa shape index (κ2) is 6.48. The van der Waals surface area contributed by atoms with Crippen LogP contribution < -0.4 is 5.32 Å². The predicted octanol–water partition coefficient (Wildman–Crippen LogP) is 2.24. The third kappa shape index (κ3) is 3.47. The van der Waals surface area contributed by atoms with Crippen LogP contribution in [-0.4, -0.2) is 32.7 Å². The highest BCUT2D eigenvalue weighted by molar-refractivity contribution is 5.77. The molecule has 22 heavy (non-hydrogen) atoms. The minimum Gasteiger partial charge on any atom is -0.388 e. The van der Waals surface area contributed by atoms with Crippen molar-refractivity contribution in [2.75, 3.05) is 6.54 Å². The lowest BCUT2D eigenvalue weighted by Gasteiger charge is -2.32. The summed E-state index contributed by atoms with van der Waals surface area (Å²) < 4.78 is 1.99. The fraction of sp³-hybridized carbons (Fsp3) is 0.529. The molecular formula is C17H23N3O2. The molecular weight excluding hydrogens is 278 g/mol. The van der Waals surface area contributed by atoms with Crippen LogP contribution in [0.5, 0.6) is 0 Å². The Morgan fingerprint density at radius 1 is 1.27 bits per heavy atom. The zero-order chi connectivity index (χ0) is 15.4. The zero-order valence-electron chi connectivity index (χ0n) is 12.8. The lowest BCUT2D eigenvalue weighted by atomic mass is 9.85. The number of aryl methyl sites for hydroxylation is 1. The van der Waals surface area contributed by atoms with Gasteiger partial charge in [-0.25, -0.2) is 4.98 Å². The van der Waals surface area contributed by atoms with E-state index in [0.29, 0.717) is 19.5 Å². The molecule has 5 heteroatoms. The Balaban J connectivity index is 1.50. The first kappa shape index (κ1) is 15.0. The fourth-order valence-electron chi connectivity index (χ4n) is 3.15. The van der Waals surface area contributed by atoms with E-state index in [9.17, 15) is 9.90 Å². The van der Waals surface area contributed by atoms with Crippen LogP contribution in [0.1, 0.15) is 38.5 Å². The van der Waals surface area contributed by atoms with Gasteiger partial charge in [-0.1, -0.05) is 31.4 Å². The van der Waals surface area contributed by atoms with Gasteiger partial charge in [0.1, 0.15) is 0 Å². The minimum atomic E-state index is -0.699. The summed E-state index contributed by atoms with van der Waals surface area (Å²) in [5.74, 6) is -0.0169. The van der Waals surface area contributed by atoms with Crippen molar-refractivity contribution in [1.29, 1.82) is 0 Å². The number of carbonyl (C=O) groups excluding carboxylic acids is 1. The van der Waals surface area contributed by atoms with Gasteiger partial charge in [0.05, 0.1) is 23.0 Å². The summed E-state index contributed by atoms with van der Waals surface area (Å²) in [7, 11) is 0. The topological polar surface area (TPSA) is 67.2 Å². The maximum absolute atomic E-state index is 12.0. The molecule has 0 unspecified atom stereocenters. The Morgan fingerprint density at radius 3 is 2.86 bits per heavy atom. The van der Waals surface area contributed by atoms with E-state index in [1.807, 2.05) is 28.8 Å². The second-order valence-electron chi connectivity index (χ2n) is 6.24. The Kier molecular flexibility index (Phi) is 4.43. The molecule has 1 aromatic carbocycles. The number of hydrogen-bond acceptors (Lipinski definition) is 3. The summed E-state index contributed by atoms with van der Waals surface area (Å²) in [5, 5.41) is 13.3. The smallest absolute Gasteiger partial charge is 0.221 e. The summed E-state index contributed by atoms with van der Waals surface area (Å²) in [6.07, 6.45) is 7.03. The van der Waals surface area contributed by atoms with Crippen molar-refractivity contribution in [2.45, 2.75) is 50.7 Å². The molecule has 0 radical (unpaired) electrons. The molecule has 1 aromatic heterocycles. The van der Waals surface area contributed by atoms with Crippen LogP contribution in [0.4, 0.5) is 0 Å². The van der Waals surface area contributed by atoms with Gasteiger partial charge in [0.15, 0.2) is 0 Å². The molecule has 0 saturated heterocycles. The highest BCUT2D eigenvalue weighted by atomic mass is 16.3. The first-order valence-electron chi connectivity index (χ1n) is 8.05. The van der Waals surface area contributed by atoms with Crippen LogP contribution in [0.2, 0.25) is 0 Å². The van der Waals surface area contributed by atoms with Crippen molar-refractivity contribution >= 4 is 16.9 Å². The standard InChI is InChI=1S/C17H23N3O2/c21-16(18-12-17(22)9-4-1-5-10-17)8-11-20-13-19-14-6-2-3-7-15(14)20/h2-3,6-7,13,22H,1,4-5,8-12H2,(H,18,21). The number of benzene rings is 1. The molecule has 2 aromatic rings. The fourth-order valence-corrected chi connectivity index (χ4v) is 3.15.